The van der Waals surface area contributed by atoms with E-state index in [0.29, 0.717) is 0 Å². The summed E-state index contributed by atoms with van der Waals surface area (Å²) < 4.78 is 9.99. The van der Waals surface area contributed by atoms with Gasteiger partial charge in [0.05, 0.1) is 0 Å². The topological polar surface area (TPSA) is 47.3 Å². The normalized spacial score (nSPS) is 7.50. The number of nitrogens with one attached hydrogen (secondary N) is 1. The van der Waals surface area contributed by atoms with E-state index < -0.39 is 0 Å². The van der Waals surface area contributed by atoms with Crippen LogP contribution in [0.2, 0.25) is 0 Å². The van der Waals surface area contributed by atoms with E-state index in [4.69, 9.17) is 0 Å². The van der Waals surface area contributed by atoms with Crippen molar-refractivity contribution in [2.24, 2.45) is 5.84 Å². The molecule has 0 amide bonds. The Morgan fingerprint density at radius 3 is 2.25 bits per heavy atom. The molecule has 0 rings (SSSR count). The van der Waals surface area contributed by atoms with E-state index in [1.54, 1.807) is 0 Å². The van der Waals surface area contributed by atoms with E-state index in [1.807, 2.05) is 0 Å². The van der Waals surface area contributed by atoms with Crippen molar-refractivity contribution in [2.45, 2.75) is 0 Å². The Morgan fingerprint density at radius 2 is 2.25 bits per heavy atom. The summed E-state index contributed by atoms with van der Waals surface area (Å²) in [6, 6.07) is 0. The average molecular weight is 66.0 g/mol. The standard InChI is InChI=1S/FH3N2O/c1-4-3-2/h3H,2H2. The van der Waals surface area contributed by atoms with Gasteiger partial charge in [0.1, 0.15) is 0 Å². The zero-order valence-corrected chi connectivity index (χ0v) is 1.86. The predicted molar refractivity (Wildman–Crippen MR) is 9.52 cm³/mol. The van der Waals surface area contributed by atoms with Crippen molar-refractivity contribution in [1.29, 1.82) is 0 Å². The van der Waals surface area contributed by atoms with Crippen LogP contribution in [0.5, 0.6) is 0 Å². The van der Waals surface area contributed by atoms with Gasteiger partial charge in [-0.25, -0.2) is 5.84 Å². The molecule has 0 saturated heterocycles. The van der Waals surface area contributed by atoms with Gasteiger partial charge in [-0.3, -0.25) is 0 Å². The molecule has 0 aromatic carbocycles. The van der Waals surface area contributed by atoms with Gasteiger partial charge in [-0.2, -0.15) is 0 Å². The van der Waals surface area contributed by atoms with E-state index in [-0.39, 0.29) is 0 Å². The van der Waals surface area contributed by atoms with Crippen LogP contribution in [0.1, 0.15) is 0 Å². The first kappa shape index (κ1) is 3.81. The lowest BCUT2D eigenvalue weighted by Crippen LogP contribution is -2.17. The third-order valence-corrected chi connectivity index (χ3v) is 0.0445. The van der Waals surface area contributed by atoms with Gasteiger partial charge < -0.3 is 0 Å². The number of nitrogens with two attached hydrogens (primary N) is 1. The van der Waals surface area contributed by atoms with Crippen LogP contribution in [0.15, 0.2) is 0 Å². The highest BCUT2D eigenvalue weighted by Gasteiger charge is 1.52. The van der Waals surface area contributed by atoms with Crippen LogP contribution in [0.3, 0.4) is 0 Å². The Hall–Kier alpha value is -0.190. The molecule has 0 aliphatic heterocycles. The van der Waals surface area contributed by atoms with Gasteiger partial charge in [-0.1, -0.05) is 5.04 Å². The molecular weight excluding hydrogens is 63.0 g/mol. The number of hydrogen-bond acceptors (Lipinski definition) is 3. The fraction of sp³-hybridized carbons (Fsp3) is 0. The molecule has 4 heteroatoms. The number of hydrogen-bond donors (Lipinski definition) is 2. The second-order valence-corrected chi connectivity index (χ2v) is 0.195. The molecule has 0 aromatic heterocycles. The molecule has 0 bridgehead atoms. The van der Waals surface area contributed by atoms with Gasteiger partial charge in [0.25, 0.3) is 0 Å². The van der Waals surface area contributed by atoms with Crippen LogP contribution in [0.4, 0.5) is 4.53 Å². The first-order chi connectivity index (χ1) is 1.91. The maximum Gasteiger partial charge on any atom is -0.0268 e. The summed E-state index contributed by atoms with van der Waals surface area (Å²) in [5.74, 6) is 4.18. The minimum Gasteiger partial charge on any atom is -0.245 e. The lowest BCUT2D eigenvalue weighted by Gasteiger charge is -1.73. The van der Waals surface area contributed by atoms with E-state index in [0.717, 1.165) is 0 Å². The van der Waals surface area contributed by atoms with Gasteiger partial charge in [-0.15, -0.1) is 5.59 Å². The van der Waals surface area contributed by atoms with Gasteiger partial charge in [0.15, 0.2) is 0 Å². The lowest BCUT2D eigenvalue weighted by atomic mass is 12.8. The maximum atomic E-state index is 9.99. The van der Waals surface area contributed by atoms with E-state index in [2.05, 4.69) is 10.9 Å². The monoisotopic (exact) mass is 66.0 g/mol. The summed E-state index contributed by atoms with van der Waals surface area (Å²) in [6.45, 7) is 0. The fourth-order valence-corrected chi connectivity index (χ4v) is 0. The maximum absolute atomic E-state index is 9.99. The van der Waals surface area contributed by atoms with E-state index in [1.165, 1.54) is 5.59 Å². The van der Waals surface area contributed by atoms with Crippen molar-refractivity contribution < 1.29 is 9.57 Å². The molecule has 0 aliphatic rings. The predicted octanol–water partition coefficient (Wildman–Crippen LogP) is -0.734. The van der Waals surface area contributed by atoms with E-state index >= 15 is 0 Å². The molecule has 0 aliphatic carbocycles. The molecule has 0 unspecified atom stereocenters. The molecule has 0 heterocycles. The highest BCUT2D eigenvalue weighted by molar-refractivity contribution is 3.49. The van der Waals surface area contributed by atoms with Gasteiger partial charge >= 0.3 is 0 Å². The highest BCUT2D eigenvalue weighted by atomic mass is 19.3. The first-order valence-electron chi connectivity index (χ1n) is 0.647. The largest absolute Gasteiger partial charge is 0.245 e. The fourth-order valence-electron chi connectivity index (χ4n) is 0. The molecule has 0 spiro atoms. The van der Waals surface area contributed by atoms with Gasteiger partial charge in [0.2, 0.25) is 0 Å². The van der Waals surface area contributed by atoms with Crippen LogP contribution < -0.4 is 11.4 Å². The van der Waals surface area contributed by atoms with Crippen LogP contribution in [-0.4, -0.2) is 0 Å². The van der Waals surface area contributed by atoms with Crippen molar-refractivity contribution >= 4 is 0 Å². The van der Waals surface area contributed by atoms with Crippen molar-refractivity contribution in [3.8, 4) is 0 Å². The Kier molecular flexibility index (Phi) is 2.68. The third kappa shape index (κ3) is 1.81. The molecule has 0 saturated carbocycles. The van der Waals surface area contributed by atoms with Crippen molar-refractivity contribution in [2.75, 3.05) is 0 Å². The van der Waals surface area contributed by atoms with Gasteiger partial charge in [-0.05, 0) is 4.53 Å². The molecule has 0 fully saturated rings. The Bertz CT molecular complexity index is 8.00. The molecule has 26 valence electrons. The Morgan fingerprint density at radius 1 is 2.00 bits per heavy atom. The van der Waals surface area contributed by atoms with Crippen LogP contribution in [-0.2, 0) is 5.04 Å². The van der Waals surface area contributed by atoms with Crippen molar-refractivity contribution in [3.63, 3.8) is 0 Å². The highest BCUT2D eigenvalue weighted by Crippen LogP contribution is 1.46. The zero-order chi connectivity index (χ0) is 3.41. The van der Waals surface area contributed by atoms with Gasteiger partial charge in [0, 0.05) is 0 Å². The SMILES string of the molecule is NNOF. The molecule has 3 nitrogen and oxygen atoms in total. The minimum absolute atomic E-state index is 1.26. The third-order valence-electron chi connectivity index (χ3n) is 0.0445. The quantitative estimate of drug-likeness (QED) is 0.313. The number of hydrazine groups is 1. The zero-order valence-electron chi connectivity index (χ0n) is 1.86. The molecule has 4 heavy (non-hydrogen) atoms. The molecule has 0 aromatic rings. The Labute approximate surface area is 22.4 Å². The number of halogens is 1. The average Bonchev–Trinajstić information content (AvgIpc) is 1.37. The summed E-state index contributed by atoms with van der Waals surface area (Å²) in [6.07, 6.45) is 0. The smallest absolute Gasteiger partial charge is 0.0268 e. The van der Waals surface area contributed by atoms with Crippen molar-refractivity contribution in [3.05, 3.63) is 0 Å². The summed E-state index contributed by atoms with van der Waals surface area (Å²) in [7, 11) is 0. The second kappa shape index (κ2) is 2.81. The van der Waals surface area contributed by atoms with Crippen molar-refractivity contribution in [1.82, 2.24) is 5.59 Å². The van der Waals surface area contributed by atoms with Crippen LogP contribution in [0, 0.1) is 0 Å². The molecule has 0 radical (unpaired) electrons. The summed E-state index contributed by atoms with van der Waals surface area (Å²) in [5.41, 5.74) is 1.26. The minimum atomic E-state index is 1.26. The van der Waals surface area contributed by atoms with E-state index in [9.17, 15) is 4.53 Å². The summed E-state index contributed by atoms with van der Waals surface area (Å²) in [4.78, 5) is 0. The molecular formula is H3FN2O. The summed E-state index contributed by atoms with van der Waals surface area (Å²) >= 11 is 0. The Balaban J connectivity index is 1.97. The second-order valence-electron chi connectivity index (χ2n) is 0.195. The summed E-state index contributed by atoms with van der Waals surface area (Å²) in [5, 5.41) is 2.57. The first-order valence-corrected chi connectivity index (χ1v) is 0.647. The molecule has 0 atom stereocenters. The van der Waals surface area contributed by atoms with Crippen LogP contribution in [0.25, 0.3) is 0 Å². The number of rotatable bonds is 1. The lowest BCUT2D eigenvalue weighted by molar-refractivity contribution is -0.193. The molecule has 3 N–H and O–H groups in total. The van der Waals surface area contributed by atoms with Crippen LogP contribution >= 0.6 is 0 Å².